The van der Waals surface area contributed by atoms with E-state index in [-0.39, 0.29) is 11.9 Å². The molecule has 1 fully saturated rings. The van der Waals surface area contributed by atoms with Gasteiger partial charge in [-0.15, -0.1) is 0 Å². The summed E-state index contributed by atoms with van der Waals surface area (Å²) in [6.45, 7) is 2.84. The summed E-state index contributed by atoms with van der Waals surface area (Å²) in [5.41, 5.74) is 2.04. The number of ether oxygens (including phenoxy) is 1. The van der Waals surface area contributed by atoms with Crippen molar-refractivity contribution in [1.29, 1.82) is 0 Å². The van der Waals surface area contributed by atoms with Crippen LogP contribution in [0, 0.1) is 12.8 Å². The molecule has 1 aliphatic heterocycles. The molecule has 5 heteroatoms. The average Bonchev–Trinajstić information content (AvgIpc) is 3.18. The van der Waals surface area contributed by atoms with E-state index >= 15 is 0 Å². The van der Waals surface area contributed by atoms with Gasteiger partial charge in [-0.1, -0.05) is 12.2 Å². The second kappa shape index (κ2) is 6.15. The first-order chi connectivity index (χ1) is 10.6. The van der Waals surface area contributed by atoms with Crippen LogP contribution in [0.4, 0.5) is 0 Å². The van der Waals surface area contributed by atoms with Crippen LogP contribution in [0.2, 0.25) is 0 Å². The molecule has 1 aromatic rings. The summed E-state index contributed by atoms with van der Waals surface area (Å²) in [7, 11) is 3.56. The number of allylic oxidation sites excluding steroid dienone is 2. The summed E-state index contributed by atoms with van der Waals surface area (Å²) in [6.07, 6.45) is 9.28. The second-order valence-electron chi connectivity index (χ2n) is 6.35. The molecular formula is C17H25N3O2. The Kier molecular flexibility index (Phi) is 4.23. The highest BCUT2D eigenvalue weighted by Crippen LogP contribution is 2.39. The minimum absolute atomic E-state index is 0.113. The third kappa shape index (κ3) is 2.64. The summed E-state index contributed by atoms with van der Waals surface area (Å²) in [5, 5.41) is 4.47. The highest BCUT2D eigenvalue weighted by atomic mass is 16.5. The van der Waals surface area contributed by atoms with Crippen LogP contribution < -0.4 is 4.74 Å². The molecule has 1 aliphatic carbocycles. The Morgan fingerprint density at radius 3 is 2.95 bits per heavy atom. The van der Waals surface area contributed by atoms with Gasteiger partial charge in [-0.3, -0.25) is 4.79 Å². The van der Waals surface area contributed by atoms with Crippen LogP contribution in [0.15, 0.2) is 12.2 Å². The molecule has 0 saturated carbocycles. The van der Waals surface area contributed by atoms with Gasteiger partial charge in [0.25, 0.3) is 0 Å². The van der Waals surface area contributed by atoms with Crippen LogP contribution in [0.1, 0.15) is 49.4 Å². The first-order valence-electron chi connectivity index (χ1n) is 8.15. The van der Waals surface area contributed by atoms with Crippen LogP contribution >= 0.6 is 0 Å². The quantitative estimate of drug-likeness (QED) is 0.804. The lowest BCUT2D eigenvalue weighted by molar-refractivity contribution is -0.132. The van der Waals surface area contributed by atoms with Crippen LogP contribution in [0.3, 0.4) is 0 Å². The number of hydrogen-bond donors (Lipinski definition) is 0. The first-order valence-corrected chi connectivity index (χ1v) is 8.15. The molecule has 1 aromatic heterocycles. The lowest BCUT2D eigenvalue weighted by Crippen LogP contribution is -2.31. The Hall–Kier alpha value is -1.78. The fraction of sp³-hybridized carbons (Fsp3) is 0.647. The topological polar surface area (TPSA) is 47.4 Å². The number of hydrogen-bond acceptors (Lipinski definition) is 3. The lowest BCUT2D eigenvalue weighted by Gasteiger charge is -2.26. The van der Waals surface area contributed by atoms with Gasteiger partial charge in [0.05, 0.1) is 24.4 Å². The van der Waals surface area contributed by atoms with Crippen molar-refractivity contribution in [3.05, 3.63) is 23.4 Å². The minimum atomic E-state index is 0.113. The molecule has 3 rings (SSSR count). The van der Waals surface area contributed by atoms with Gasteiger partial charge in [0, 0.05) is 20.0 Å². The van der Waals surface area contributed by atoms with Gasteiger partial charge in [-0.25, -0.2) is 4.68 Å². The number of carbonyl (C=O) groups is 1. The van der Waals surface area contributed by atoms with Crippen LogP contribution in [0.5, 0.6) is 5.88 Å². The van der Waals surface area contributed by atoms with Crippen molar-refractivity contribution in [2.45, 2.75) is 45.1 Å². The zero-order valence-electron chi connectivity index (χ0n) is 13.7. The summed E-state index contributed by atoms with van der Waals surface area (Å²) in [6, 6.07) is 0.113. The largest absolute Gasteiger partial charge is 0.481 e. The zero-order chi connectivity index (χ0) is 15.7. The van der Waals surface area contributed by atoms with Crippen LogP contribution in [0.25, 0.3) is 0 Å². The van der Waals surface area contributed by atoms with Crippen molar-refractivity contribution < 1.29 is 9.53 Å². The van der Waals surface area contributed by atoms with Gasteiger partial charge in [-0.05, 0) is 38.5 Å². The van der Waals surface area contributed by atoms with Gasteiger partial charge >= 0.3 is 0 Å². The van der Waals surface area contributed by atoms with Crippen molar-refractivity contribution in [2.24, 2.45) is 13.0 Å². The predicted octanol–water partition coefficient (Wildman–Crippen LogP) is 2.76. The number of amides is 1. The van der Waals surface area contributed by atoms with E-state index in [1.165, 1.54) is 0 Å². The molecule has 1 amide bonds. The highest BCUT2D eigenvalue weighted by Gasteiger charge is 2.35. The van der Waals surface area contributed by atoms with Gasteiger partial charge in [0.15, 0.2) is 0 Å². The SMILES string of the molecule is COc1c([C@H]2CCCN2C(=O)C[C@@H]2C=CCC2)c(C)nn1C. The van der Waals surface area contributed by atoms with E-state index in [0.29, 0.717) is 12.3 Å². The van der Waals surface area contributed by atoms with E-state index in [0.717, 1.165) is 49.4 Å². The predicted molar refractivity (Wildman–Crippen MR) is 84.7 cm³/mol. The van der Waals surface area contributed by atoms with Crippen molar-refractivity contribution >= 4 is 5.91 Å². The molecule has 2 atom stereocenters. The maximum Gasteiger partial charge on any atom is 0.223 e. The number of likely N-dealkylation sites (tertiary alicyclic amines) is 1. The maximum atomic E-state index is 12.7. The lowest BCUT2D eigenvalue weighted by atomic mass is 10.0. The van der Waals surface area contributed by atoms with Gasteiger partial charge in [-0.2, -0.15) is 5.10 Å². The molecular weight excluding hydrogens is 278 g/mol. The molecule has 5 nitrogen and oxygen atoms in total. The third-order valence-corrected chi connectivity index (χ3v) is 4.86. The van der Waals surface area contributed by atoms with E-state index in [2.05, 4.69) is 17.3 Å². The molecule has 0 bridgehead atoms. The van der Waals surface area contributed by atoms with Gasteiger partial charge in [0.1, 0.15) is 0 Å². The van der Waals surface area contributed by atoms with Gasteiger partial charge < -0.3 is 9.64 Å². The van der Waals surface area contributed by atoms with Crippen molar-refractivity contribution in [1.82, 2.24) is 14.7 Å². The number of rotatable bonds is 4. The first kappa shape index (κ1) is 15.1. The van der Waals surface area contributed by atoms with E-state index in [1.807, 2.05) is 18.9 Å². The van der Waals surface area contributed by atoms with Crippen molar-refractivity contribution in [3.63, 3.8) is 0 Å². The minimum Gasteiger partial charge on any atom is -0.481 e. The number of aryl methyl sites for hydroxylation is 2. The average molecular weight is 303 g/mol. The highest BCUT2D eigenvalue weighted by molar-refractivity contribution is 5.77. The molecule has 2 heterocycles. The molecule has 0 radical (unpaired) electrons. The Balaban J connectivity index is 1.81. The van der Waals surface area contributed by atoms with E-state index in [9.17, 15) is 4.79 Å². The zero-order valence-corrected chi connectivity index (χ0v) is 13.7. The van der Waals surface area contributed by atoms with E-state index in [1.54, 1.807) is 11.8 Å². The van der Waals surface area contributed by atoms with Gasteiger partial charge in [0.2, 0.25) is 11.8 Å². The fourth-order valence-electron chi connectivity index (χ4n) is 3.85. The molecule has 0 aromatic carbocycles. The standard InChI is InChI=1S/C17H25N3O2/c1-12-16(17(22-3)19(2)18-12)14-9-6-10-20(14)15(21)11-13-7-4-5-8-13/h4,7,13-14H,5-6,8-11H2,1-3H3/t13-,14-/m1/s1. The monoisotopic (exact) mass is 303 g/mol. The molecule has 2 aliphatic rings. The normalized spacial score (nSPS) is 24.2. The Morgan fingerprint density at radius 2 is 2.27 bits per heavy atom. The number of methoxy groups -OCH3 is 1. The fourth-order valence-corrected chi connectivity index (χ4v) is 3.85. The van der Waals surface area contributed by atoms with E-state index in [4.69, 9.17) is 4.74 Å². The molecule has 120 valence electrons. The summed E-state index contributed by atoms with van der Waals surface area (Å²) >= 11 is 0. The molecule has 0 N–H and O–H groups in total. The Labute approximate surface area is 131 Å². The summed E-state index contributed by atoms with van der Waals surface area (Å²) in [4.78, 5) is 14.8. The third-order valence-electron chi connectivity index (χ3n) is 4.86. The number of carbonyl (C=O) groups excluding carboxylic acids is 1. The van der Waals surface area contributed by atoms with Crippen molar-refractivity contribution in [3.8, 4) is 5.88 Å². The van der Waals surface area contributed by atoms with Crippen LogP contribution in [-0.2, 0) is 11.8 Å². The molecule has 0 spiro atoms. The summed E-state index contributed by atoms with van der Waals surface area (Å²) in [5.74, 6) is 1.47. The van der Waals surface area contributed by atoms with Crippen LogP contribution in [-0.4, -0.2) is 34.2 Å². The van der Waals surface area contributed by atoms with Crippen molar-refractivity contribution in [2.75, 3.05) is 13.7 Å². The molecule has 22 heavy (non-hydrogen) atoms. The second-order valence-corrected chi connectivity index (χ2v) is 6.35. The van der Waals surface area contributed by atoms with E-state index < -0.39 is 0 Å². The summed E-state index contributed by atoms with van der Waals surface area (Å²) < 4.78 is 7.29. The number of nitrogens with zero attached hydrogens (tertiary/aromatic N) is 3. The number of aromatic nitrogens is 2. The Morgan fingerprint density at radius 1 is 1.45 bits per heavy atom. The molecule has 0 unspecified atom stereocenters. The molecule has 1 saturated heterocycles. The maximum absolute atomic E-state index is 12.7. The Bertz CT molecular complexity index is 591. The smallest absolute Gasteiger partial charge is 0.223 e.